The van der Waals surface area contributed by atoms with Crippen molar-refractivity contribution in [1.29, 1.82) is 0 Å². The topological polar surface area (TPSA) is 60.5 Å². The van der Waals surface area contributed by atoms with Crippen molar-refractivity contribution in [1.82, 2.24) is 4.98 Å². The van der Waals surface area contributed by atoms with E-state index in [0.717, 1.165) is 23.6 Å². The van der Waals surface area contributed by atoms with Gasteiger partial charge in [-0.25, -0.2) is 0 Å². The van der Waals surface area contributed by atoms with E-state index in [2.05, 4.69) is 10.3 Å². The second-order valence-corrected chi connectivity index (χ2v) is 6.05. The lowest BCUT2D eigenvalue weighted by atomic mass is 10.1. The van der Waals surface area contributed by atoms with E-state index >= 15 is 0 Å². The van der Waals surface area contributed by atoms with Crippen molar-refractivity contribution in [3.05, 3.63) is 77.6 Å². The molecule has 2 aromatic carbocycles. The van der Waals surface area contributed by atoms with Gasteiger partial charge >= 0.3 is 0 Å². The third-order valence-electron chi connectivity index (χ3n) is 4.12. The second-order valence-electron chi connectivity index (χ2n) is 6.05. The van der Waals surface area contributed by atoms with Crippen LogP contribution < -0.4 is 14.8 Å². The van der Waals surface area contributed by atoms with Gasteiger partial charge in [-0.2, -0.15) is 0 Å². The number of nitrogens with one attached hydrogen (secondary N) is 1. The smallest absolute Gasteiger partial charge is 0.257 e. The summed E-state index contributed by atoms with van der Waals surface area (Å²) in [5.74, 6) is 1.81. The Labute approximate surface area is 159 Å². The first-order valence-corrected chi connectivity index (χ1v) is 8.79. The number of hydrogen-bond donors (Lipinski definition) is 1. The Morgan fingerprint density at radius 3 is 2.41 bits per heavy atom. The maximum absolute atomic E-state index is 12.6. The van der Waals surface area contributed by atoms with E-state index in [1.807, 2.05) is 62.4 Å². The predicted octanol–water partition coefficient (Wildman–Crippen LogP) is 5.01. The van der Waals surface area contributed by atoms with Crippen LogP contribution in [0, 0.1) is 6.92 Å². The highest BCUT2D eigenvalue weighted by molar-refractivity contribution is 6.05. The lowest BCUT2D eigenvalue weighted by Gasteiger charge is -2.11. The zero-order valence-corrected chi connectivity index (χ0v) is 15.7. The molecule has 3 aromatic rings. The van der Waals surface area contributed by atoms with Crippen molar-refractivity contribution in [3.8, 4) is 17.2 Å². The van der Waals surface area contributed by atoms with Crippen LogP contribution in [0.2, 0.25) is 0 Å². The molecule has 0 spiro atoms. The van der Waals surface area contributed by atoms with Crippen LogP contribution in [-0.4, -0.2) is 18.0 Å². The number of aryl methyl sites for hydroxylation is 2. The molecule has 138 valence electrons. The zero-order valence-electron chi connectivity index (χ0n) is 15.7. The van der Waals surface area contributed by atoms with Gasteiger partial charge in [0.15, 0.2) is 0 Å². The molecule has 3 rings (SSSR count). The predicted molar refractivity (Wildman–Crippen MR) is 106 cm³/mol. The minimum absolute atomic E-state index is 0.193. The van der Waals surface area contributed by atoms with Crippen molar-refractivity contribution in [2.45, 2.75) is 20.3 Å². The van der Waals surface area contributed by atoms with Crippen LogP contribution in [-0.2, 0) is 6.42 Å². The molecule has 0 aliphatic carbocycles. The monoisotopic (exact) mass is 362 g/mol. The first kappa shape index (κ1) is 18.5. The van der Waals surface area contributed by atoms with Crippen LogP contribution in [0.3, 0.4) is 0 Å². The van der Waals surface area contributed by atoms with E-state index in [-0.39, 0.29) is 5.91 Å². The Bertz CT molecular complexity index is 954. The van der Waals surface area contributed by atoms with Gasteiger partial charge in [-0.15, -0.1) is 0 Å². The number of benzene rings is 2. The van der Waals surface area contributed by atoms with Gasteiger partial charge in [0, 0.05) is 23.5 Å². The zero-order chi connectivity index (χ0) is 19.2. The molecule has 0 aliphatic heterocycles. The van der Waals surface area contributed by atoms with Gasteiger partial charge in [0.05, 0.1) is 18.4 Å². The summed E-state index contributed by atoms with van der Waals surface area (Å²) in [7, 11) is 1.61. The highest BCUT2D eigenvalue weighted by Crippen LogP contribution is 2.27. The van der Waals surface area contributed by atoms with Gasteiger partial charge in [0.25, 0.3) is 5.91 Å². The molecular formula is C22H22N2O3. The van der Waals surface area contributed by atoms with E-state index in [0.29, 0.717) is 22.7 Å². The van der Waals surface area contributed by atoms with Gasteiger partial charge in [-0.05, 0) is 49.7 Å². The molecular weight excluding hydrogens is 340 g/mol. The lowest BCUT2D eigenvalue weighted by Crippen LogP contribution is -2.14. The molecule has 0 saturated carbocycles. The van der Waals surface area contributed by atoms with Crippen molar-refractivity contribution in [2.24, 2.45) is 0 Å². The molecule has 0 saturated heterocycles. The summed E-state index contributed by atoms with van der Waals surface area (Å²) in [5, 5.41) is 2.90. The molecule has 1 amide bonds. The Hall–Kier alpha value is -3.34. The Balaban J connectivity index is 1.74. The number of anilines is 1. The molecule has 5 nitrogen and oxygen atoms in total. The van der Waals surface area contributed by atoms with Crippen LogP contribution in [0.5, 0.6) is 17.2 Å². The van der Waals surface area contributed by atoms with Crippen molar-refractivity contribution < 1.29 is 14.3 Å². The maximum atomic E-state index is 12.6. The van der Waals surface area contributed by atoms with Crippen molar-refractivity contribution in [3.63, 3.8) is 0 Å². The number of carbonyl (C=O) groups excluding carboxylic acids is 1. The molecule has 27 heavy (non-hydrogen) atoms. The summed E-state index contributed by atoms with van der Waals surface area (Å²) in [6, 6.07) is 18.3. The van der Waals surface area contributed by atoms with E-state index in [1.165, 1.54) is 0 Å². The van der Waals surface area contributed by atoms with Gasteiger partial charge < -0.3 is 14.8 Å². The van der Waals surface area contributed by atoms with Crippen LogP contribution >= 0.6 is 0 Å². The summed E-state index contributed by atoms with van der Waals surface area (Å²) in [6.45, 7) is 3.88. The number of nitrogens with zero attached hydrogens (tertiary/aromatic N) is 1. The summed E-state index contributed by atoms with van der Waals surface area (Å²) in [4.78, 5) is 17.0. The van der Waals surface area contributed by atoms with Crippen molar-refractivity contribution in [2.75, 3.05) is 12.4 Å². The van der Waals surface area contributed by atoms with Crippen LogP contribution in [0.4, 0.5) is 5.69 Å². The van der Waals surface area contributed by atoms with E-state index in [1.54, 1.807) is 19.2 Å². The summed E-state index contributed by atoms with van der Waals surface area (Å²) in [5.41, 5.74) is 2.90. The number of hydrogen-bond acceptors (Lipinski definition) is 4. The van der Waals surface area contributed by atoms with Crippen molar-refractivity contribution >= 4 is 11.6 Å². The molecule has 0 unspecified atom stereocenters. The Morgan fingerprint density at radius 1 is 1.00 bits per heavy atom. The van der Waals surface area contributed by atoms with Gasteiger partial charge in [0.2, 0.25) is 0 Å². The highest BCUT2D eigenvalue weighted by atomic mass is 16.5. The quantitative estimate of drug-likeness (QED) is 0.670. The molecule has 5 heteroatoms. The highest BCUT2D eigenvalue weighted by Gasteiger charge is 2.11. The summed E-state index contributed by atoms with van der Waals surface area (Å²) in [6.07, 6.45) is 0.840. The standard InChI is InChI=1S/C22H22N2O3/c1-4-16-11-12-21(15(2)23-16)22(25)24-17-7-5-9-19(13-17)27-20-10-6-8-18(14-20)26-3/h5-14H,4H2,1-3H3,(H,24,25). The van der Waals surface area contributed by atoms with E-state index in [4.69, 9.17) is 9.47 Å². The molecule has 0 fully saturated rings. The number of carbonyl (C=O) groups is 1. The molecule has 1 heterocycles. The largest absolute Gasteiger partial charge is 0.497 e. The third kappa shape index (κ3) is 4.64. The Morgan fingerprint density at radius 2 is 1.70 bits per heavy atom. The number of pyridine rings is 1. The van der Waals surface area contributed by atoms with E-state index < -0.39 is 0 Å². The maximum Gasteiger partial charge on any atom is 0.257 e. The molecule has 0 aliphatic rings. The number of rotatable bonds is 6. The molecule has 1 aromatic heterocycles. The molecule has 1 N–H and O–H groups in total. The first-order chi connectivity index (χ1) is 13.1. The van der Waals surface area contributed by atoms with E-state index in [9.17, 15) is 4.79 Å². The van der Waals surface area contributed by atoms with Gasteiger partial charge in [-0.3, -0.25) is 9.78 Å². The number of amides is 1. The number of aromatic nitrogens is 1. The first-order valence-electron chi connectivity index (χ1n) is 8.79. The molecule has 0 radical (unpaired) electrons. The average Bonchev–Trinajstić information content (AvgIpc) is 2.68. The number of ether oxygens (including phenoxy) is 2. The minimum atomic E-state index is -0.193. The number of methoxy groups -OCH3 is 1. The fourth-order valence-electron chi connectivity index (χ4n) is 2.69. The van der Waals surface area contributed by atoms with Gasteiger partial charge in [0.1, 0.15) is 17.2 Å². The molecule has 0 atom stereocenters. The fourth-order valence-corrected chi connectivity index (χ4v) is 2.69. The second kappa shape index (κ2) is 8.36. The third-order valence-corrected chi connectivity index (χ3v) is 4.12. The minimum Gasteiger partial charge on any atom is -0.497 e. The Kier molecular flexibility index (Phi) is 5.71. The van der Waals surface area contributed by atoms with Gasteiger partial charge in [-0.1, -0.05) is 19.1 Å². The lowest BCUT2D eigenvalue weighted by molar-refractivity contribution is 0.102. The normalized spacial score (nSPS) is 10.3. The SMILES string of the molecule is CCc1ccc(C(=O)Nc2cccc(Oc3cccc(OC)c3)c2)c(C)n1. The van der Waals surface area contributed by atoms with Crippen LogP contribution in [0.25, 0.3) is 0 Å². The molecule has 0 bridgehead atoms. The average molecular weight is 362 g/mol. The summed E-state index contributed by atoms with van der Waals surface area (Å²) < 4.78 is 11.1. The van der Waals surface area contributed by atoms with Crippen LogP contribution in [0.1, 0.15) is 28.7 Å². The fraction of sp³-hybridized carbons (Fsp3) is 0.182. The van der Waals surface area contributed by atoms with Crippen LogP contribution in [0.15, 0.2) is 60.7 Å². The summed E-state index contributed by atoms with van der Waals surface area (Å²) >= 11 is 0.